The number of nitrogens with zero attached hydrogens (tertiary/aromatic N) is 3. The summed E-state index contributed by atoms with van der Waals surface area (Å²) in [5, 5.41) is 0.663. The molecule has 0 aromatic heterocycles. The minimum absolute atomic E-state index is 0.0686. The molecule has 2 fully saturated rings. The molecule has 0 spiro atoms. The molecule has 12 heteroatoms. The highest BCUT2D eigenvalue weighted by Crippen LogP contribution is 2.39. The van der Waals surface area contributed by atoms with Crippen LogP contribution in [0.2, 0.25) is 10.0 Å². The molecular formula is C29H31Cl2F4N3O3. The quantitative estimate of drug-likeness (QED) is 0.344. The lowest BCUT2D eigenvalue weighted by molar-refractivity contribution is -0.139. The number of rotatable bonds is 7. The highest BCUT2D eigenvalue weighted by Gasteiger charge is 2.43. The van der Waals surface area contributed by atoms with E-state index in [4.69, 9.17) is 27.9 Å². The Labute approximate surface area is 246 Å². The molecule has 2 aromatic rings. The van der Waals surface area contributed by atoms with Gasteiger partial charge in [0, 0.05) is 44.1 Å². The monoisotopic (exact) mass is 615 g/mol. The van der Waals surface area contributed by atoms with Crippen LogP contribution in [-0.2, 0) is 11.0 Å². The summed E-state index contributed by atoms with van der Waals surface area (Å²) in [7, 11) is 2.65. The molecular weight excluding hydrogens is 585 g/mol. The van der Waals surface area contributed by atoms with Crippen LogP contribution in [0.25, 0.3) is 0 Å². The van der Waals surface area contributed by atoms with Gasteiger partial charge in [-0.15, -0.1) is 0 Å². The second-order valence-corrected chi connectivity index (χ2v) is 11.3. The second-order valence-electron chi connectivity index (χ2n) is 10.5. The predicted molar refractivity (Wildman–Crippen MR) is 149 cm³/mol. The number of likely N-dealkylation sites (tertiary alicyclic amines) is 2. The summed E-state index contributed by atoms with van der Waals surface area (Å²) in [4.78, 5) is 32.1. The number of hydrogen-bond donors (Lipinski definition) is 0. The van der Waals surface area contributed by atoms with Gasteiger partial charge in [-0.2, -0.15) is 13.2 Å². The van der Waals surface area contributed by atoms with E-state index in [1.54, 1.807) is 23.1 Å². The predicted octanol–water partition coefficient (Wildman–Crippen LogP) is 6.28. The first-order valence-electron chi connectivity index (χ1n) is 13.1. The van der Waals surface area contributed by atoms with Gasteiger partial charge in [0.15, 0.2) is 0 Å². The number of benzene rings is 2. The fourth-order valence-corrected chi connectivity index (χ4v) is 5.99. The molecule has 0 aliphatic carbocycles. The van der Waals surface area contributed by atoms with Crippen LogP contribution in [0.15, 0.2) is 48.8 Å². The molecule has 4 rings (SSSR count). The van der Waals surface area contributed by atoms with Gasteiger partial charge in [-0.1, -0.05) is 35.8 Å². The third-order valence-electron chi connectivity index (χ3n) is 7.87. The Balaban J connectivity index is 1.59. The summed E-state index contributed by atoms with van der Waals surface area (Å²) in [6, 6.07) is 7.74. The van der Waals surface area contributed by atoms with Crippen LogP contribution in [0.4, 0.5) is 17.6 Å². The van der Waals surface area contributed by atoms with Crippen molar-refractivity contribution in [2.45, 2.75) is 31.0 Å². The molecule has 6 nitrogen and oxygen atoms in total. The number of hydrogen-bond acceptors (Lipinski definition) is 4. The van der Waals surface area contributed by atoms with Gasteiger partial charge in [0.05, 0.1) is 28.8 Å². The summed E-state index contributed by atoms with van der Waals surface area (Å²) in [6.45, 7) is 5.04. The van der Waals surface area contributed by atoms with Crippen molar-refractivity contribution in [1.29, 1.82) is 0 Å². The van der Waals surface area contributed by atoms with Crippen LogP contribution in [0.1, 0.15) is 40.2 Å². The molecule has 2 amide bonds. The molecule has 0 bridgehead atoms. The fraction of sp³-hybridized carbons (Fsp3) is 0.448. The first-order chi connectivity index (χ1) is 19.3. The van der Waals surface area contributed by atoms with E-state index < -0.39 is 29.5 Å². The second kappa shape index (κ2) is 12.6. The molecule has 2 aliphatic rings. The Morgan fingerprint density at radius 1 is 1.07 bits per heavy atom. The van der Waals surface area contributed by atoms with E-state index in [0.29, 0.717) is 36.0 Å². The Bertz CT molecular complexity index is 1310. The van der Waals surface area contributed by atoms with Gasteiger partial charge in [0.25, 0.3) is 5.91 Å². The number of ether oxygens (including phenoxy) is 1. The maximum absolute atomic E-state index is 13.6. The lowest BCUT2D eigenvalue weighted by atomic mass is 9.93. The Morgan fingerprint density at radius 2 is 1.76 bits per heavy atom. The molecule has 2 aromatic carbocycles. The zero-order chi connectivity index (χ0) is 30.1. The average Bonchev–Trinajstić information content (AvgIpc) is 3.38. The highest BCUT2D eigenvalue weighted by atomic mass is 35.5. The van der Waals surface area contributed by atoms with E-state index in [1.807, 2.05) is 4.90 Å². The van der Waals surface area contributed by atoms with Gasteiger partial charge < -0.3 is 14.5 Å². The summed E-state index contributed by atoms with van der Waals surface area (Å²) >= 11 is 12.4. The third kappa shape index (κ3) is 6.98. The lowest BCUT2D eigenvalue weighted by Crippen LogP contribution is -2.44. The normalized spacial score (nSPS) is 20.2. The summed E-state index contributed by atoms with van der Waals surface area (Å²) < 4.78 is 59.0. The van der Waals surface area contributed by atoms with Crippen LogP contribution >= 0.6 is 23.2 Å². The van der Waals surface area contributed by atoms with E-state index in [2.05, 4.69) is 6.58 Å². The van der Waals surface area contributed by atoms with Crippen LogP contribution in [-0.4, -0.2) is 79.4 Å². The molecule has 222 valence electrons. The Kier molecular flexibility index (Phi) is 9.56. The van der Waals surface area contributed by atoms with Crippen LogP contribution < -0.4 is 4.74 Å². The zero-order valence-corrected chi connectivity index (χ0v) is 24.2. The van der Waals surface area contributed by atoms with Gasteiger partial charge in [0.1, 0.15) is 11.6 Å². The van der Waals surface area contributed by atoms with Crippen LogP contribution in [0, 0.1) is 5.92 Å². The van der Waals surface area contributed by atoms with Crippen molar-refractivity contribution in [2.24, 2.45) is 5.92 Å². The Hall–Kier alpha value is -2.82. The van der Waals surface area contributed by atoms with E-state index in [0.717, 1.165) is 24.8 Å². The van der Waals surface area contributed by atoms with Crippen molar-refractivity contribution >= 4 is 35.0 Å². The third-order valence-corrected chi connectivity index (χ3v) is 8.61. The Morgan fingerprint density at radius 3 is 2.34 bits per heavy atom. The van der Waals surface area contributed by atoms with Crippen molar-refractivity contribution in [3.8, 4) is 5.75 Å². The molecule has 2 aliphatic heterocycles. The fourth-order valence-electron chi connectivity index (χ4n) is 5.69. The largest absolute Gasteiger partial charge is 0.496 e. The van der Waals surface area contributed by atoms with E-state index in [-0.39, 0.29) is 48.7 Å². The van der Waals surface area contributed by atoms with E-state index in [1.165, 1.54) is 18.0 Å². The van der Waals surface area contributed by atoms with Crippen molar-refractivity contribution in [1.82, 2.24) is 14.7 Å². The van der Waals surface area contributed by atoms with E-state index in [9.17, 15) is 27.2 Å². The number of amides is 2. The first-order valence-corrected chi connectivity index (χ1v) is 13.9. The maximum Gasteiger partial charge on any atom is 0.419 e. The first kappa shape index (κ1) is 31.1. The van der Waals surface area contributed by atoms with Crippen molar-refractivity contribution in [3.05, 3.63) is 75.5 Å². The van der Waals surface area contributed by atoms with Gasteiger partial charge in [-0.05, 0) is 61.8 Å². The molecule has 2 heterocycles. The van der Waals surface area contributed by atoms with Gasteiger partial charge >= 0.3 is 6.18 Å². The number of alkyl halides is 3. The molecule has 41 heavy (non-hydrogen) atoms. The van der Waals surface area contributed by atoms with E-state index >= 15 is 0 Å². The number of halogens is 6. The summed E-state index contributed by atoms with van der Waals surface area (Å²) in [5.41, 5.74) is -0.451. The standard InChI is InChI=1S/C29H31Cl2F4N3O3/c1-17(32)14-37-10-8-18(9-11-37)28(40)38-15-21(19-4-6-23(30)24(31)13-19)25(16-38)36(2)27(39)20-5-7-26(41-3)22(12-20)29(33,34)35/h4-7,12-13,18,21,25H,1,8-11,14-16H2,2-3H3/t21-,25+/m1/s1. The molecule has 0 saturated carbocycles. The topological polar surface area (TPSA) is 53.1 Å². The number of piperidine rings is 1. The molecule has 0 unspecified atom stereocenters. The SMILES string of the molecule is C=C(F)CN1CCC(C(=O)N2C[C@H](c3ccc(Cl)c(Cl)c3)[C@@H](N(C)C(=O)c3ccc(OC)c(C(F)(F)F)c3)C2)CC1. The van der Waals surface area contributed by atoms with Crippen molar-refractivity contribution < 1.29 is 31.9 Å². The van der Waals surface area contributed by atoms with Gasteiger partial charge in [-0.3, -0.25) is 14.5 Å². The number of methoxy groups -OCH3 is 1. The summed E-state index contributed by atoms with van der Waals surface area (Å²) in [5.74, 6) is -2.12. The van der Waals surface area contributed by atoms with Gasteiger partial charge in [0.2, 0.25) is 5.91 Å². The van der Waals surface area contributed by atoms with Gasteiger partial charge in [-0.25, -0.2) is 4.39 Å². The minimum Gasteiger partial charge on any atom is -0.496 e. The lowest BCUT2D eigenvalue weighted by Gasteiger charge is -2.33. The maximum atomic E-state index is 13.6. The molecule has 2 saturated heterocycles. The number of carbonyl (C=O) groups excluding carboxylic acids is 2. The molecule has 0 N–H and O–H groups in total. The number of likely N-dealkylation sites (N-methyl/N-ethyl adjacent to an activating group) is 1. The van der Waals surface area contributed by atoms with Crippen molar-refractivity contribution in [3.63, 3.8) is 0 Å². The summed E-state index contributed by atoms with van der Waals surface area (Å²) in [6.07, 6.45) is -3.59. The van der Waals surface area contributed by atoms with Crippen molar-refractivity contribution in [2.75, 3.05) is 46.9 Å². The average molecular weight is 616 g/mol. The smallest absolute Gasteiger partial charge is 0.419 e. The zero-order valence-electron chi connectivity index (χ0n) is 22.7. The molecule has 2 atom stereocenters. The van der Waals surface area contributed by atoms with Crippen LogP contribution in [0.3, 0.4) is 0 Å². The highest BCUT2D eigenvalue weighted by molar-refractivity contribution is 6.42. The van der Waals surface area contributed by atoms with Crippen LogP contribution in [0.5, 0.6) is 5.75 Å². The number of carbonyl (C=O) groups is 2. The minimum atomic E-state index is -4.72. The molecule has 0 radical (unpaired) electrons.